The molecule has 0 aromatic heterocycles. The van der Waals surface area contributed by atoms with Crippen molar-refractivity contribution in [3.05, 3.63) is 34.6 Å². The molecule has 2 rings (SSSR count). The van der Waals surface area contributed by atoms with Crippen LogP contribution in [0.15, 0.2) is 18.2 Å². The van der Waals surface area contributed by atoms with Crippen molar-refractivity contribution in [3.63, 3.8) is 0 Å². The van der Waals surface area contributed by atoms with Gasteiger partial charge < -0.3 is 5.32 Å². The second kappa shape index (κ2) is 3.74. The molecule has 0 saturated carbocycles. The van der Waals surface area contributed by atoms with Crippen LogP contribution in [0.4, 0.5) is 4.39 Å². The van der Waals surface area contributed by atoms with Gasteiger partial charge in [-0.15, -0.1) is 0 Å². The summed E-state index contributed by atoms with van der Waals surface area (Å²) < 4.78 is 13.9. The second-order valence-electron chi connectivity index (χ2n) is 4.67. The Morgan fingerprint density at radius 3 is 2.75 bits per heavy atom. The van der Waals surface area contributed by atoms with Crippen molar-refractivity contribution < 1.29 is 9.18 Å². The van der Waals surface area contributed by atoms with Crippen molar-refractivity contribution in [3.8, 4) is 0 Å². The highest BCUT2D eigenvalue weighted by Crippen LogP contribution is 2.38. The molecule has 1 fully saturated rings. The first-order valence-corrected chi connectivity index (χ1v) is 5.54. The maximum atomic E-state index is 13.9. The molecule has 1 N–H and O–H groups in total. The molecule has 2 nitrogen and oxygen atoms in total. The Kier molecular flexibility index (Phi) is 2.66. The van der Waals surface area contributed by atoms with Crippen LogP contribution in [0, 0.1) is 5.82 Å². The van der Waals surface area contributed by atoms with Crippen molar-refractivity contribution in [1.82, 2.24) is 5.32 Å². The summed E-state index contributed by atoms with van der Waals surface area (Å²) in [5, 5.41) is 2.94. The fourth-order valence-electron chi connectivity index (χ4n) is 2.23. The van der Waals surface area contributed by atoms with Crippen LogP contribution >= 0.6 is 11.6 Å². The molecule has 16 heavy (non-hydrogen) atoms. The van der Waals surface area contributed by atoms with Gasteiger partial charge in [0.15, 0.2) is 0 Å². The minimum Gasteiger partial charge on any atom is -0.351 e. The Hall–Kier alpha value is -1.09. The molecule has 1 saturated heterocycles. The van der Waals surface area contributed by atoms with Gasteiger partial charge >= 0.3 is 0 Å². The Morgan fingerprint density at radius 1 is 1.50 bits per heavy atom. The number of carbonyl (C=O) groups is 1. The van der Waals surface area contributed by atoms with Gasteiger partial charge in [0.2, 0.25) is 5.91 Å². The largest absolute Gasteiger partial charge is 0.351 e. The number of hydrogen-bond donors (Lipinski definition) is 1. The van der Waals surface area contributed by atoms with E-state index in [-0.39, 0.29) is 16.8 Å². The zero-order valence-corrected chi connectivity index (χ0v) is 9.94. The van der Waals surface area contributed by atoms with Crippen molar-refractivity contribution >= 4 is 17.5 Å². The van der Waals surface area contributed by atoms with E-state index in [0.717, 1.165) is 0 Å². The van der Waals surface area contributed by atoms with E-state index in [2.05, 4.69) is 5.32 Å². The summed E-state index contributed by atoms with van der Waals surface area (Å²) in [7, 11) is 0. The summed E-state index contributed by atoms with van der Waals surface area (Å²) in [6.07, 6.45) is 0.310. The molecule has 1 aliphatic rings. The van der Waals surface area contributed by atoms with Gasteiger partial charge in [-0.05, 0) is 25.5 Å². The molecule has 1 heterocycles. The number of rotatable bonds is 1. The van der Waals surface area contributed by atoms with Crippen molar-refractivity contribution in [1.29, 1.82) is 0 Å². The first-order valence-electron chi connectivity index (χ1n) is 5.17. The Morgan fingerprint density at radius 2 is 2.19 bits per heavy atom. The molecule has 1 atom stereocenters. The van der Waals surface area contributed by atoms with Gasteiger partial charge in [0.1, 0.15) is 5.82 Å². The maximum absolute atomic E-state index is 13.9. The fourth-order valence-corrected chi connectivity index (χ4v) is 2.41. The monoisotopic (exact) mass is 241 g/mol. The minimum absolute atomic E-state index is 0.0469. The van der Waals surface area contributed by atoms with Gasteiger partial charge in [-0.25, -0.2) is 4.39 Å². The van der Waals surface area contributed by atoms with E-state index < -0.39 is 11.4 Å². The molecule has 4 heteroatoms. The number of amides is 1. The van der Waals surface area contributed by atoms with E-state index >= 15 is 0 Å². The van der Waals surface area contributed by atoms with Crippen LogP contribution in [-0.2, 0) is 4.79 Å². The molecular formula is C12H13ClFNO. The number of nitrogens with one attached hydrogen (secondary N) is 1. The van der Waals surface area contributed by atoms with Crippen LogP contribution in [0.25, 0.3) is 0 Å². The number of halogens is 2. The van der Waals surface area contributed by atoms with E-state index in [4.69, 9.17) is 11.6 Å². The third-order valence-corrected chi connectivity index (χ3v) is 3.37. The zero-order chi connectivity index (χ0) is 11.9. The minimum atomic E-state index is -0.428. The summed E-state index contributed by atoms with van der Waals surface area (Å²) in [5.41, 5.74) is 0.0821. The molecule has 1 unspecified atom stereocenters. The van der Waals surface area contributed by atoms with Crippen LogP contribution in [0.5, 0.6) is 0 Å². The maximum Gasteiger partial charge on any atom is 0.221 e. The molecule has 1 amide bonds. The Balaban J connectivity index is 2.45. The Bertz CT molecular complexity index is 445. The lowest BCUT2D eigenvalue weighted by Gasteiger charge is -2.27. The van der Waals surface area contributed by atoms with E-state index in [1.54, 1.807) is 12.1 Å². The van der Waals surface area contributed by atoms with Crippen LogP contribution in [0.3, 0.4) is 0 Å². The topological polar surface area (TPSA) is 29.1 Å². The van der Waals surface area contributed by atoms with Crippen LogP contribution in [0.2, 0.25) is 5.02 Å². The summed E-state index contributed by atoms with van der Waals surface area (Å²) in [4.78, 5) is 11.4. The Labute approximate surface area is 98.8 Å². The predicted octanol–water partition coefficient (Wildman–Crippen LogP) is 2.86. The summed E-state index contributed by atoms with van der Waals surface area (Å²) in [5.74, 6) is -0.633. The molecule has 0 spiro atoms. The van der Waals surface area contributed by atoms with Gasteiger partial charge in [0, 0.05) is 17.9 Å². The van der Waals surface area contributed by atoms with E-state index in [1.807, 2.05) is 13.8 Å². The molecule has 0 aliphatic carbocycles. The van der Waals surface area contributed by atoms with Gasteiger partial charge in [-0.1, -0.05) is 23.7 Å². The molecule has 1 aromatic carbocycles. The van der Waals surface area contributed by atoms with Gasteiger partial charge in [-0.2, -0.15) is 0 Å². The highest BCUT2D eigenvalue weighted by Gasteiger charge is 2.41. The smallest absolute Gasteiger partial charge is 0.221 e. The average Bonchev–Trinajstić information content (AvgIpc) is 2.44. The van der Waals surface area contributed by atoms with Crippen molar-refractivity contribution in [2.45, 2.75) is 31.7 Å². The lowest BCUT2D eigenvalue weighted by atomic mass is 9.83. The van der Waals surface area contributed by atoms with E-state index in [9.17, 15) is 9.18 Å². The van der Waals surface area contributed by atoms with Crippen LogP contribution in [-0.4, -0.2) is 11.4 Å². The quantitative estimate of drug-likeness (QED) is 0.805. The lowest BCUT2D eigenvalue weighted by molar-refractivity contribution is -0.119. The number of hydrogen-bond acceptors (Lipinski definition) is 1. The first-order chi connectivity index (χ1) is 7.42. The molecule has 1 aliphatic heterocycles. The fraction of sp³-hybridized carbons (Fsp3) is 0.417. The van der Waals surface area contributed by atoms with Gasteiger partial charge in [-0.3, -0.25) is 4.79 Å². The van der Waals surface area contributed by atoms with E-state index in [1.165, 1.54) is 6.07 Å². The predicted molar refractivity (Wildman–Crippen MR) is 61.0 cm³/mol. The summed E-state index contributed by atoms with van der Waals surface area (Å²) in [6.45, 7) is 3.78. The zero-order valence-electron chi connectivity index (χ0n) is 9.18. The molecule has 0 radical (unpaired) electrons. The highest BCUT2D eigenvalue weighted by atomic mass is 35.5. The standard InChI is InChI=1S/C12H13ClFNO/c1-12(2)8(6-10(16)15-12)7-4-3-5-9(13)11(7)14/h3-5,8H,6H2,1-2H3,(H,15,16). The first kappa shape index (κ1) is 11.4. The van der Waals surface area contributed by atoms with Gasteiger partial charge in [0.25, 0.3) is 0 Å². The number of benzene rings is 1. The number of carbonyl (C=O) groups excluding carboxylic acids is 1. The van der Waals surface area contributed by atoms with Gasteiger partial charge in [0.05, 0.1) is 5.02 Å². The highest BCUT2D eigenvalue weighted by molar-refractivity contribution is 6.30. The lowest BCUT2D eigenvalue weighted by Crippen LogP contribution is -2.38. The molecule has 1 aromatic rings. The average molecular weight is 242 g/mol. The van der Waals surface area contributed by atoms with Crippen LogP contribution in [0.1, 0.15) is 31.7 Å². The summed E-state index contributed by atoms with van der Waals surface area (Å²) >= 11 is 5.74. The molecular weight excluding hydrogens is 229 g/mol. The van der Waals surface area contributed by atoms with E-state index in [0.29, 0.717) is 12.0 Å². The summed E-state index contributed by atoms with van der Waals surface area (Å²) in [6, 6.07) is 4.91. The molecule has 86 valence electrons. The van der Waals surface area contributed by atoms with Crippen LogP contribution < -0.4 is 5.32 Å². The SMILES string of the molecule is CC1(C)NC(=O)CC1c1cccc(Cl)c1F. The normalized spacial score (nSPS) is 23.2. The molecule has 0 bridgehead atoms. The van der Waals surface area contributed by atoms with Crippen molar-refractivity contribution in [2.75, 3.05) is 0 Å². The van der Waals surface area contributed by atoms with Crippen molar-refractivity contribution in [2.24, 2.45) is 0 Å². The third kappa shape index (κ3) is 1.80. The third-order valence-electron chi connectivity index (χ3n) is 3.08. The second-order valence-corrected chi connectivity index (χ2v) is 5.08.